The number of carbonyl (C=O) groups is 1. The lowest BCUT2D eigenvalue weighted by atomic mass is 10.0. The Kier molecular flexibility index (Phi) is 7.55. The largest absolute Gasteiger partial charge is 0.356 e. The zero-order valence-electron chi connectivity index (χ0n) is 18.9. The minimum atomic E-state index is -0.262. The van der Waals surface area contributed by atoms with Gasteiger partial charge in [0.2, 0.25) is 5.91 Å². The maximum Gasteiger partial charge on any atom is 0.220 e. The summed E-state index contributed by atoms with van der Waals surface area (Å²) < 4.78 is 13.9. The second-order valence-electron chi connectivity index (χ2n) is 8.51. The Bertz CT molecular complexity index is 1020. The van der Waals surface area contributed by atoms with Crippen LogP contribution in [0.2, 0.25) is 0 Å². The molecule has 0 spiro atoms. The second kappa shape index (κ2) is 10.7. The highest BCUT2D eigenvalue weighted by Gasteiger charge is 2.16. The normalized spacial score (nSPS) is 15.3. The van der Waals surface area contributed by atoms with Gasteiger partial charge in [-0.3, -0.25) is 4.79 Å². The first-order valence-corrected chi connectivity index (χ1v) is 11.7. The average molecular weight is 437 g/mol. The Balaban J connectivity index is 1.32. The Morgan fingerprint density at radius 3 is 2.56 bits per heavy atom. The molecule has 1 amide bonds. The number of H-pyrrole nitrogens is 1. The topological polar surface area (TPSA) is 51.4 Å². The van der Waals surface area contributed by atoms with E-state index in [-0.39, 0.29) is 11.7 Å². The quantitative estimate of drug-likeness (QED) is 0.498. The average Bonchev–Trinajstić information content (AvgIpc) is 3.19. The van der Waals surface area contributed by atoms with E-state index >= 15 is 0 Å². The van der Waals surface area contributed by atoms with Crippen LogP contribution in [0.4, 0.5) is 4.39 Å². The molecule has 0 aliphatic carbocycles. The van der Waals surface area contributed by atoms with E-state index in [1.165, 1.54) is 6.07 Å². The third-order valence-corrected chi connectivity index (χ3v) is 6.42. The number of rotatable bonds is 9. The van der Waals surface area contributed by atoms with Crippen LogP contribution in [0.5, 0.6) is 0 Å². The second-order valence-corrected chi connectivity index (χ2v) is 8.51. The maximum atomic E-state index is 13.9. The zero-order chi connectivity index (χ0) is 22.3. The van der Waals surface area contributed by atoms with Gasteiger partial charge < -0.3 is 20.1 Å². The molecule has 1 aromatic heterocycles. The molecule has 3 aromatic rings. The van der Waals surface area contributed by atoms with Gasteiger partial charge in [0.1, 0.15) is 5.82 Å². The van der Waals surface area contributed by atoms with Gasteiger partial charge in [-0.25, -0.2) is 4.39 Å². The van der Waals surface area contributed by atoms with Crippen molar-refractivity contribution < 1.29 is 9.18 Å². The van der Waals surface area contributed by atoms with Gasteiger partial charge in [-0.2, -0.15) is 0 Å². The summed E-state index contributed by atoms with van der Waals surface area (Å²) in [6, 6.07) is 14.8. The molecule has 0 saturated carbocycles. The minimum Gasteiger partial charge on any atom is -0.356 e. The lowest BCUT2D eigenvalue weighted by molar-refractivity contribution is -0.121. The first-order valence-electron chi connectivity index (χ1n) is 11.7. The Morgan fingerprint density at radius 1 is 1.06 bits per heavy atom. The first-order chi connectivity index (χ1) is 15.6. The van der Waals surface area contributed by atoms with Crippen molar-refractivity contribution in [1.29, 1.82) is 0 Å². The van der Waals surface area contributed by atoms with Crippen LogP contribution < -0.4 is 5.32 Å². The van der Waals surface area contributed by atoms with E-state index in [0.29, 0.717) is 19.4 Å². The van der Waals surface area contributed by atoms with Gasteiger partial charge in [0.25, 0.3) is 0 Å². The highest BCUT2D eigenvalue weighted by molar-refractivity contribution is 5.91. The first kappa shape index (κ1) is 22.5. The Morgan fingerprint density at radius 2 is 1.81 bits per heavy atom. The fraction of sp³-hybridized carbons (Fsp3) is 0.423. The van der Waals surface area contributed by atoms with Crippen molar-refractivity contribution >= 4 is 16.8 Å². The predicted molar refractivity (Wildman–Crippen MR) is 128 cm³/mol. The van der Waals surface area contributed by atoms with E-state index < -0.39 is 0 Å². The molecule has 4 rings (SSSR count). The number of carbonyl (C=O) groups excluding carboxylic acids is 1. The molecule has 1 aliphatic heterocycles. The van der Waals surface area contributed by atoms with Gasteiger partial charge in [-0.1, -0.05) is 37.3 Å². The number of likely N-dealkylation sites (N-methyl/N-ethyl adjacent to an activating group) is 1. The minimum absolute atomic E-state index is 0.0468. The number of halogens is 1. The van der Waals surface area contributed by atoms with E-state index in [4.69, 9.17) is 0 Å². The van der Waals surface area contributed by atoms with Gasteiger partial charge in [-0.15, -0.1) is 0 Å². The summed E-state index contributed by atoms with van der Waals surface area (Å²) in [7, 11) is 0. The van der Waals surface area contributed by atoms with Gasteiger partial charge >= 0.3 is 0 Å². The monoisotopic (exact) mass is 436 g/mol. The molecule has 6 heteroatoms. The lowest BCUT2D eigenvalue weighted by Crippen LogP contribution is -2.46. The molecule has 32 heavy (non-hydrogen) atoms. The molecule has 5 nitrogen and oxygen atoms in total. The molecule has 0 unspecified atom stereocenters. The SMILES string of the molecule is CCN1CCN(CCCNC(=O)CCc2c(-c3ccccc3)[nH]c3ccc(F)cc23)CC1. The predicted octanol–water partition coefficient (Wildman–Crippen LogP) is 4.05. The van der Waals surface area contributed by atoms with Crippen LogP contribution in [-0.4, -0.2) is 66.5 Å². The summed E-state index contributed by atoms with van der Waals surface area (Å²) in [6.45, 7) is 9.55. The van der Waals surface area contributed by atoms with Crippen molar-refractivity contribution in [2.75, 3.05) is 45.8 Å². The molecule has 0 bridgehead atoms. The molecular weight excluding hydrogens is 403 g/mol. The van der Waals surface area contributed by atoms with E-state index in [9.17, 15) is 9.18 Å². The van der Waals surface area contributed by atoms with Crippen LogP contribution >= 0.6 is 0 Å². The maximum absolute atomic E-state index is 13.9. The van der Waals surface area contributed by atoms with Gasteiger partial charge in [0.15, 0.2) is 0 Å². The summed E-state index contributed by atoms with van der Waals surface area (Å²) in [5.74, 6) is -0.216. The fourth-order valence-corrected chi connectivity index (χ4v) is 4.52. The Hall–Kier alpha value is -2.70. The zero-order valence-corrected chi connectivity index (χ0v) is 18.9. The molecular formula is C26H33FN4O. The number of fused-ring (bicyclic) bond motifs is 1. The molecule has 2 heterocycles. The molecule has 2 aromatic carbocycles. The summed E-state index contributed by atoms with van der Waals surface area (Å²) in [5, 5.41) is 3.91. The number of aromatic nitrogens is 1. The molecule has 2 N–H and O–H groups in total. The number of piperazine rings is 1. The molecule has 0 atom stereocenters. The van der Waals surface area contributed by atoms with Crippen LogP contribution in [0.1, 0.15) is 25.3 Å². The number of nitrogens with one attached hydrogen (secondary N) is 2. The van der Waals surface area contributed by atoms with Crippen LogP contribution in [-0.2, 0) is 11.2 Å². The molecule has 1 saturated heterocycles. The van der Waals surface area contributed by atoms with Crippen molar-refractivity contribution in [3.8, 4) is 11.3 Å². The number of hydrogen-bond donors (Lipinski definition) is 2. The smallest absolute Gasteiger partial charge is 0.220 e. The van der Waals surface area contributed by atoms with Crippen molar-refractivity contribution in [2.24, 2.45) is 0 Å². The van der Waals surface area contributed by atoms with Crippen molar-refractivity contribution in [1.82, 2.24) is 20.1 Å². The van der Waals surface area contributed by atoms with E-state index in [0.717, 1.165) is 73.4 Å². The summed E-state index contributed by atoms with van der Waals surface area (Å²) in [5.41, 5.74) is 3.89. The van der Waals surface area contributed by atoms with Gasteiger partial charge in [0.05, 0.1) is 0 Å². The van der Waals surface area contributed by atoms with E-state index in [1.807, 2.05) is 30.3 Å². The van der Waals surface area contributed by atoms with Gasteiger partial charge in [0, 0.05) is 55.7 Å². The number of aryl methyl sites for hydroxylation is 1. The summed E-state index contributed by atoms with van der Waals surface area (Å²) in [6.07, 6.45) is 1.92. The van der Waals surface area contributed by atoms with E-state index in [1.54, 1.807) is 12.1 Å². The number of amides is 1. The molecule has 170 valence electrons. The number of hydrogen-bond acceptors (Lipinski definition) is 3. The molecule has 0 radical (unpaired) electrons. The van der Waals surface area contributed by atoms with Crippen molar-refractivity contribution in [3.63, 3.8) is 0 Å². The standard InChI is InChI=1S/C26H33FN4O/c1-2-30-15-17-31(18-16-30)14-6-13-28-25(32)12-10-22-23-19-21(27)9-11-24(23)29-26(22)20-7-4-3-5-8-20/h3-5,7-9,11,19,29H,2,6,10,12-18H2,1H3,(H,28,32). The van der Waals surface area contributed by atoms with Crippen molar-refractivity contribution in [3.05, 3.63) is 59.9 Å². The van der Waals surface area contributed by atoms with Gasteiger partial charge in [-0.05, 0) is 55.3 Å². The van der Waals surface area contributed by atoms with Crippen LogP contribution in [0.3, 0.4) is 0 Å². The number of nitrogens with zero attached hydrogens (tertiary/aromatic N) is 2. The lowest BCUT2D eigenvalue weighted by Gasteiger charge is -2.33. The third-order valence-electron chi connectivity index (χ3n) is 6.42. The van der Waals surface area contributed by atoms with Crippen LogP contribution in [0.25, 0.3) is 22.2 Å². The van der Waals surface area contributed by atoms with Crippen LogP contribution in [0, 0.1) is 5.82 Å². The summed E-state index contributed by atoms with van der Waals surface area (Å²) in [4.78, 5) is 20.9. The van der Waals surface area contributed by atoms with Crippen molar-refractivity contribution in [2.45, 2.75) is 26.2 Å². The fourth-order valence-electron chi connectivity index (χ4n) is 4.52. The number of aromatic amines is 1. The third kappa shape index (κ3) is 5.56. The van der Waals surface area contributed by atoms with Crippen LogP contribution in [0.15, 0.2) is 48.5 Å². The Labute approximate surface area is 189 Å². The molecule has 1 aliphatic rings. The highest BCUT2D eigenvalue weighted by atomic mass is 19.1. The molecule has 1 fully saturated rings. The summed E-state index contributed by atoms with van der Waals surface area (Å²) >= 11 is 0. The number of benzene rings is 2. The van der Waals surface area contributed by atoms with E-state index in [2.05, 4.69) is 27.0 Å². The highest BCUT2D eigenvalue weighted by Crippen LogP contribution is 2.31.